The molecule has 0 saturated heterocycles. The fourth-order valence-corrected chi connectivity index (χ4v) is 4.89. The molecule has 2 heterocycles. The van der Waals surface area contributed by atoms with E-state index < -0.39 is 0 Å². The second kappa shape index (κ2) is 11.2. The summed E-state index contributed by atoms with van der Waals surface area (Å²) in [7, 11) is 0. The predicted molar refractivity (Wildman–Crippen MR) is 147 cm³/mol. The number of anilines is 3. The first-order valence-corrected chi connectivity index (χ1v) is 12.9. The highest BCUT2D eigenvalue weighted by molar-refractivity contribution is 6.04. The Morgan fingerprint density at radius 1 is 0.892 bits per heavy atom. The quantitative estimate of drug-likeness (QED) is 0.250. The van der Waals surface area contributed by atoms with Crippen molar-refractivity contribution in [3.8, 4) is 0 Å². The number of rotatable bonds is 8. The van der Waals surface area contributed by atoms with Crippen LogP contribution in [0.15, 0.2) is 60.8 Å². The molecule has 4 N–H and O–H groups in total. The van der Waals surface area contributed by atoms with Crippen LogP contribution < -0.4 is 16.0 Å². The molecule has 0 bridgehead atoms. The van der Waals surface area contributed by atoms with Crippen molar-refractivity contribution < 1.29 is 9.59 Å². The number of H-pyrrole nitrogens is 1. The van der Waals surface area contributed by atoms with Gasteiger partial charge < -0.3 is 16.0 Å². The number of benzene rings is 2. The number of aryl methyl sites for hydroxylation is 2. The molecule has 2 aromatic heterocycles. The molecule has 0 radical (unpaired) electrons. The Kier molecular flexibility index (Phi) is 7.44. The van der Waals surface area contributed by atoms with Gasteiger partial charge in [0.05, 0.1) is 10.9 Å². The molecular formula is C29H32N6O2. The third-order valence-corrected chi connectivity index (χ3v) is 6.83. The molecule has 0 spiro atoms. The first-order valence-electron chi connectivity index (χ1n) is 12.9. The highest BCUT2D eigenvalue weighted by Gasteiger charge is 2.17. The fraction of sp³-hybridized carbons (Fsp3) is 0.310. The summed E-state index contributed by atoms with van der Waals surface area (Å²) in [6, 6.07) is 17.1. The predicted octanol–water partition coefficient (Wildman–Crippen LogP) is 5.70. The lowest BCUT2D eigenvalue weighted by Gasteiger charge is -2.23. The monoisotopic (exact) mass is 496 g/mol. The average molecular weight is 497 g/mol. The zero-order valence-corrected chi connectivity index (χ0v) is 21.0. The van der Waals surface area contributed by atoms with E-state index in [1.807, 2.05) is 36.5 Å². The molecule has 0 atom stereocenters. The van der Waals surface area contributed by atoms with Gasteiger partial charge in [0.2, 0.25) is 5.91 Å². The molecule has 2 amide bonds. The first-order chi connectivity index (χ1) is 18.0. The summed E-state index contributed by atoms with van der Waals surface area (Å²) in [4.78, 5) is 28.4. The van der Waals surface area contributed by atoms with Crippen LogP contribution in [0.2, 0.25) is 0 Å². The lowest BCUT2D eigenvalue weighted by molar-refractivity contribution is -0.114. The Bertz CT molecular complexity index is 1370. The number of aromatic nitrogens is 3. The summed E-state index contributed by atoms with van der Waals surface area (Å²) in [6.45, 7) is 1.45. The van der Waals surface area contributed by atoms with Gasteiger partial charge in [0.25, 0.3) is 5.91 Å². The van der Waals surface area contributed by atoms with Gasteiger partial charge in [0.1, 0.15) is 5.82 Å². The van der Waals surface area contributed by atoms with Gasteiger partial charge >= 0.3 is 0 Å². The van der Waals surface area contributed by atoms with Crippen molar-refractivity contribution in [1.29, 1.82) is 0 Å². The van der Waals surface area contributed by atoms with E-state index in [-0.39, 0.29) is 11.8 Å². The molecule has 1 aliphatic carbocycles. The van der Waals surface area contributed by atoms with Crippen LogP contribution >= 0.6 is 0 Å². The number of amides is 2. The van der Waals surface area contributed by atoms with Crippen LogP contribution in [0.25, 0.3) is 10.9 Å². The van der Waals surface area contributed by atoms with Crippen molar-refractivity contribution in [2.45, 2.75) is 57.9 Å². The molecule has 0 unspecified atom stereocenters. The zero-order valence-electron chi connectivity index (χ0n) is 21.0. The molecule has 1 fully saturated rings. The molecule has 1 aliphatic rings. The van der Waals surface area contributed by atoms with Gasteiger partial charge in [-0.15, -0.1) is 0 Å². The number of carbonyl (C=O) groups excluding carboxylic acids is 2. The highest BCUT2D eigenvalue weighted by Crippen LogP contribution is 2.28. The van der Waals surface area contributed by atoms with Crippen LogP contribution in [0, 0.1) is 0 Å². The maximum atomic E-state index is 12.6. The van der Waals surface area contributed by atoms with E-state index in [4.69, 9.17) is 0 Å². The van der Waals surface area contributed by atoms with Gasteiger partial charge in [0.15, 0.2) is 0 Å². The Balaban J connectivity index is 1.20. The third kappa shape index (κ3) is 6.14. The SMILES string of the molecule is CC(=O)Nc1ccc(C(=O)Nc2ccc(CCc3[nH]nc4ccnc(NC5CCCCC5)c34)cc2)cc1. The molecule has 8 heteroatoms. The number of hydrogen-bond donors (Lipinski definition) is 4. The highest BCUT2D eigenvalue weighted by atomic mass is 16.2. The largest absolute Gasteiger partial charge is 0.367 e. The van der Waals surface area contributed by atoms with Gasteiger partial charge in [-0.25, -0.2) is 4.98 Å². The second-order valence-corrected chi connectivity index (χ2v) is 9.64. The summed E-state index contributed by atoms with van der Waals surface area (Å²) >= 11 is 0. The fourth-order valence-electron chi connectivity index (χ4n) is 4.89. The Morgan fingerprint density at radius 2 is 1.59 bits per heavy atom. The maximum absolute atomic E-state index is 12.6. The summed E-state index contributed by atoms with van der Waals surface area (Å²) in [5.41, 5.74) is 5.11. The van der Waals surface area contributed by atoms with Crippen molar-refractivity contribution in [3.63, 3.8) is 0 Å². The number of nitrogens with one attached hydrogen (secondary N) is 4. The van der Waals surface area contributed by atoms with Crippen LogP contribution in [0.4, 0.5) is 17.2 Å². The van der Waals surface area contributed by atoms with Crippen LogP contribution in [-0.4, -0.2) is 33.0 Å². The molecule has 2 aromatic carbocycles. The van der Waals surface area contributed by atoms with Gasteiger partial charge in [-0.1, -0.05) is 31.4 Å². The first kappa shape index (κ1) is 24.5. The van der Waals surface area contributed by atoms with Crippen molar-refractivity contribution in [2.75, 3.05) is 16.0 Å². The molecule has 5 rings (SSSR count). The molecule has 190 valence electrons. The van der Waals surface area contributed by atoms with E-state index >= 15 is 0 Å². The zero-order chi connectivity index (χ0) is 25.6. The number of nitrogens with zero attached hydrogens (tertiary/aromatic N) is 2. The van der Waals surface area contributed by atoms with Crippen molar-refractivity contribution in [3.05, 3.63) is 77.6 Å². The molecule has 37 heavy (non-hydrogen) atoms. The van der Waals surface area contributed by atoms with Gasteiger partial charge in [-0.05, 0) is 73.7 Å². The minimum Gasteiger partial charge on any atom is -0.367 e. The number of aromatic amines is 1. The van der Waals surface area contributed by atoms with E-state index in [1.54, 1.807) is 24.3 Å². The topological polar surface area (TPSA) is 112 Å². The number of pyridine rings is 1. The summed E-state index contributed by atoms with van der Waals surface area (Å²) in [5, 5.41) is 18.1. The molecule has 4 aromatic rings. The molecule has 8 nitrogen and oxygen atoms in total. The summed E-state index contributed by atoms with van der Waals surface area (Å²) in [5.74, 6) is 0.582. The van der Waals surface area contributed by atoms with Crippen LogP contribution in [0.3, 0.4) is 0 Å². The summed E-state index contributed by atoms with van der Waals surface area (Å²) < 4.78 is 0. The number of fused-ring (bicyclic) bond motifs is 1. The smallest absolute Gasteiger partial charge is 0.255 e. The molecular weight excluding hydrogens is 464 g/mol. The van der Waals surface area contributed by atoms with Crippen LogP contribution in [-0.2, 0) is 17.6 Å². The van der Waals surface area contributed by atoms with E-state index in [9.17, 15) is 9.59 Å². The van der Waals surface area contributed by atoms with Gasteiger partial charge in [0, 0.05) is 41.8 Å². The molecule has 0 aliphatic heterocycles. The summed E-state index contributed by atoms with van der Waals surface area (Å²) in [6.07, 6.45) is 9.72. The lowest BCUT2D eigenvalue weighted by Crippen LogP contribution is -2.23. The third-order valence-electron chi connectivity index (χ3n) is 6.83. The van der Waals surface area contributed by atoms with Crippen molar-refractivity contribution in [1.82, 2.24) is 15.2 Å². The minimum atomic E-state index is -0.198. The lowest BCUT2D eigenvalue weighted by atomic mass is 9.95. The van der Waals surface area contributed by atoms with E-state index in [0.717, 1.165) is 40.9 Å². The Labute approximate surface area is 216 Å². The average Bonchev–Trinajstić information content (AvgIpc) is 3.33. The number of hydrogen-bond acceptors (Lipinski definition) is 5. The normalized spacial score (nSPS) is 13.9. The minimum absolute atomic E-state index is 0.147. The Morgan fingerprint density at radius 3 is 2.32 bits per heavy atom. The van der Waals surface area contributed by atoms with Crippen molar-refractivity contribution in [2.24, 2.45) is 0 Å². The maximum Gasteiger partial charge on any atom is 0.255 e. The standard InChI is InChI=1S/C29H32N6O2/c1-19(36)31-23-14-10-21(11-15-23)29(37)33-24-12-7-20(8-13-24)9-16-25-27-26(35-34-25)17-18-30-28(27)32-22-5-3-2-4-6-22/h7-8,10-15,17-18,22H,2-6,9,16H2,1H3,(H,30,32)(H,31,36)(H,33,37)(H,34,35). The Hall–Kier alpha value is -4.20. The molecule has 1 saturated carbocycles. The second-order valence-electron chi connectivity index (χ2n) is 9.64. The van der Waals surface area contributed by atoms with Crippen LogP contribution in [0.1, 0.15) is 60.6 Å². The van der Waals surface area contributed by atoms with E-state index in [0.29, 0.717) is 17.3 Å². The van der Waals surface area contributed by atoms with Crippen molar-refractivity contribution >= 4 is 39.9 Å². The van der Waals surface area contributed by atoms with Gasteiger partial charge in [-0.2, -0.15) is 5.10 Å². The number of carbonyl (C=O) groups is 2. The van der Waals surface area contributed by atoms with Crippen LogP contribution in [0.5, 0.6) is 0 Å². The van der Waals surface area contributed by atoms with E-state index in [1.165, 1.54) is 44.6 Å². The van der Waals surface area contributed by atoms with E-state index in [2.05, 4.69) is 31.1 Å². The van der Waals surface area contributed by atoms with Gasteiger partial charge in [-0.3, -0.25) is 14.7 Å².